The lowest BCUT2D eigenvalue weighted by molar-refractivity contribution is -0.146. The predicted molar refractivity (Wildman–Crippen MR) is 62.7 cm³/mol. The smallest absolute Gasteiger partial charge is 0.344 e. The Kier molecular flexibility index (Phi) is 4.83. The van der Waals surface area contributed by atoms with Gasteiger partial charge in [-0.25, -0.2) is 4.79 Å². The van der Waals surface area contributed by atoms with E-state index < -0.39 is 0 Å². The molecule has 1 aromatic rings. The number of esters is 1. The second-order valence-corrected chi connectivity index (χ2v) is 3.83. The molecule has 3 nitrogen and oxygen atoms in total. The van der Waals surface area contributed by atoms with Crippen molar-refractivity contribution >= 4 is 5.97 Å². The van der Waals surface area contributed by atoms with Crippen molar-refractivity contribution in [2.24, 2.45) is 0 Å². The third-order valence-corrected chi connectivity index (χ3v) is 2.02. The maximum Gasteiger partial charge on any atom is 0.344 e. The quantitative estimate of drug-likeness (QED) is 0.718. The zero-order valence-electron chi connectivity index (χ0n) is 10.1. The number of rotatable bonds is 5. The summed E-state index contributed by atoms with van der Waals surface area (Å²) in [7, 11) is 0. The van der Waals surface area contributed by atoms with E-state index in [4.69, 9.17) is 9.47 Å². The van der Waals surface area contributed by atoms with Gasteiger partial charge < -0.3 is 9.47 Å². The summed E-state index contributed by atoms with van der Waals surface area (Å²) in [6.45, 7) is 6.38. The Labute approximate surface area is 96.4 Å². The zero-order valence-corrected chi connectivity index (χ0v) is 10.1. The van der Waals surface area contributed by atoms with Crippen LogP contribution in [0.1, 0.15) is 24.5 Å². The molecule has 0 atom stereocenters. The van der Waals surface area contributed by atoms with Gasteiger partial charge in [0.05, 0.1) is 6.61 Å². The molecular formula is C13H18O3. The van der Waals surface area contributed by atoms with Crippen LogP contribution in [0.5, 0.6) is 5.75 Å². The minimum Gasteiger partial charge on any atom is -0.482 e. The van der Waals surface area contributed by atoms with Crippen LogP contribution in [0.4, 0.5) is 0 Å². The number of carbonyl (C=O) groups excluding carboxylic acids is 1. The van der Waals surface area contributed by atoms with Gasteiger partial charge in [-0.15, -0.1) is 0 Å². The van der Waals surface area contributed by atoms with Crippen LogP contribution in [0, 0.1) is 13.8 Å². The van der Waals surface area contributed by atoms with Crippen molar-refractivity contribution in [1.82, 2.24) is 0 Å². The highest BCUT2D eigenvalue weighted by Crippen LogP contribution is 2.15. The fraction of sp³-hybridized carbons (Fsp3) is 0.462. The molecule has 0 aliphatic carbocycles. The highest BCUT2D eigenvalue weighted by molar-refractivity contribution is 5.71. The average Bonchev–Trinajstić information content (AvgIpc) is 2.22. The van der Waals surface area contributed by atoms with Crippen LogP contribution in [-0.4, -0.2) is 19.2 Å². The molecule has 0 fully saturated rings. The van der Waals surface area contributed by atoms with Crippen molar-refractivity contribution in [3.63, 3.8) is 0 Å². The molecule has 0 saturated carbocycles. The molecule has 0 aliphatic heterocycles. The van der Waals surface area contributed by atoms with Gasteiger partial charge in [0.2, 0.25) is 0 Å². The van der Waals surface area contributed by atoms with E-state index in [1.165, 1.54) is 0 Å². The summed E-state index contributed by atoms with van der Waals surface area (Å²) >= 11 is 0. The molecule has 88 valence electrons. The lowest BCUT2D eigenvalue weighted by Gasteiger charge is -2.07. The van der Waals surface area contributed by atoms with Crippen molar-refractivity contribution in [2.45, 2.75) is 27.2 Å². The van der Waals surface area contributed by atoms with E-state index in [1.54, 1.807) is 0 Å². The van der Waals surface area contributed by atoms with Gasteiger partial charge in [-0.2, -0.15) is 0 Å². The third-order valence-electron chi connectivity index (χ3n) is 2.02. The highest BCUT2D eigenvalue weighted by Gasteiger charge is 2.04. The molecule has 0 bridgehead atoms. The Hall–Kier alpha value is -1.51. The maximum atomic E-state index is 11.2. The van der Waals surface area contributed by atoms with Crippen LogP contribution >= 0.6 is 0 Å². The van der Waals surface area contributed by atoms with Gasteiger partial charge in [-0.3, -0.25) is 0 Å². The molecule has 0 saturated heterocycles. The molecule has 0 radical (unpaired) electrons. The molecule has 16 heavy (non-hydrogen) atoms. The van der Waals surface area contributed by atoms with Gasteiger partial charge in [0, 0.05) is 0 Å². The molecule has 0 spiro atoms. The largest absolute Gasteiger partial charge is 0.482 e. The molecule has 0 N–H and O–H groups in total. The van der Waals surface area contributed by atoms with Gasteiger partial charge in [0.1, 0.15) is 5.75 Å². The van der Waals surface area contributed by atoms with E-state index in [0.717, 1.165) is 17.5 Å². The maximum absolute atomic E-state index is 11.2. The minimum atomic E-state index is -0.319. The Balaban J connectivity index is 2.45. The monoisotopic (exact) mass is 222 g/mol. The molecule has 0 heterocycles. The van der Waals surface area contributed by atoms with Gasteiger partial charge >= 0.3 is 5.97 Å². The van der Waals surface area contributed by atoms with Gasteiger partial charge in [0.15, 0.2) is 6.61 Å². The molecule has 0 amide bonds. The van der Waals surface area contributed by atoms with Crippen LogP contribution < -0.4 is 4.74 Å². The number of ether oxygens (including phenoxy) is 2. The molecular weight excluding hydrogens is 204 g/mol. The lowest BCUT2D eigenvalue weighted by atomic mass is 10.1. The fourth-order valence-electron chi connectivity index (χ4n) is 1.42. The Morgan fingerprint density at radius 2 is 1.81 bits per heavy atom. The summed E-state index contributed by atoms with van der Waals surface area (Å²) in [6.07, 6.45) is 0.829. The van der Waals surface area contributed by atoms with Crippen LogP contribution in [0.25, 0.3) is 0 Å². The van der Waals surface area contributed by atoms with Gasteiger partial charge in [-0.1, -0.05) is 13.0 Å². The average molecular weight is 222 g/mol. The molecule has 0 aromatic heterocycles. The van der Waals surface area contributed by atoms with Crippen molar-refractivity contribution in [1.29, 1.82) is 0 Å². The number of hydrogen-bond donors (Lipinski definition) is 0. The Bertz CT molecular complexity index is 338. The van der Waals surface area contributed by atoms with Gasteiger partial charge in [-0.05, 0) is 43.5 Å². The summed E-state index contributed by atoms with van der Waals surface area (Å²) in [4.78, 5) is 11.2. The normalized spacial score (nSPS) is 9.94. The topological polar surface area (TPSA) is 35.5 Å². The fourth-order valence-corrected chi connectivity index (χ4v) is 1.42. The predicted octanol–water partition coefficient (Wildman–Crippen LogP) is 2.64. The van der Waals surface area contributed by atoms with Crippen molar-refractivity contribution in [2.75, 3.05) is 13.2 Å². The Morgan fingerprint density at radius 3 is 2.38 bits per heavy atom. The second kappa shape index (κ2) is 6.16. The molecule has 0 unspecified atom stereocenters. The lowest BCUT2D eigenvalue weighted by Crippen LogP contribution is -2.15. The molecule has 1 aromatic carbocycles. The van der Waals surface area contributed by atoms with Crippen LogP contribution in [-0.2, 0) is 9.53 Å². The number of carbonyl (C=O) groups is 1. The second-order valence-electron chi connectivity index (χ2n) is 3.83. The molecule has 0 aliphatic rings. The first-order valence-electron chi connectivity index (χ1n) is 5.48. The van der Waals surface area contributed by atoms with E-state index >= 15 is 0 Å². The standard InChI is InChI=1S/C13H18O3/c1-4-5-15-13(14)9-16-12-7-10(2)6-11(3)8-12/h6-8H,4-5,9H2,1-3H3. The zero-order chi connectivity index (χ0) is 12.0. The van der Waals surface area contributed by atoms with E-state index in [-0.39, 0.29) is 12.6 Å². The Morgan fingerprint density at radius 1 is 1.19 bits per heavy atom. The first kappa shape index (κ1) is 12.6. The van der Waals surface area contributed by atoms with E-state index in [2.05, 4.69) is 6.07 Å². The number of hydrogen-bond acceptors (Lipinski definition) is 3. The van der Waals surface area contributed by atoms with Crippen molar-refractivity contribution in [3.8, 4) is 5.75 Å². The van der Waals surface area contributed by atoms with Gasteiger partial charge in [0.25, 0.3) is 0 Å². The third kappa shape index (κ3) is 4.34. The summed E-state index contributed by atoms with van der Waals surface area (Å²) < 4.78 is 10.3. The van der Waals surface area contributed by atoms with E-state index in [0.29, 0.717) is 12.4 Å². The summed E-state index contributed by atoms with van der Waals surface area (Å²) in [5.41, 5.74) is 2.24. The number of aryl methyl sites for hydroxylation is 2. The molecule has 3 heteroatoms. The van der Waals surface area contributed by atoms with Crippen molar-refractivity contribution < 1.29 is 14.3 Å². The van der Waals surface area contributed by atoms with E-state index in [1.807, 2.05) is 32.9 Å². The number of benzene rings is 1. The summed E-state index contributed by atoms with van der Waals surface area (Å²) in [6, 6.07) is 5.86. The molecule has 1 rings (SSSR count). The first-order valence-corrected chi connectivity index (χ1v) is 5.48. The summed E-state index contributed by atoms with van der Waals surface area (Å²) in [5.74, 6) is 0.395. The van der Waals surface area contributed by atoms with Crippen LogP contribution in [0.2, 0.25) is 0 Å². The first-order chi connectivity index (χ1) is 7.61. The minimum absolute atomic E-state index is 0.0249. The highest BCUT2D eigenvalue weighted by atomic mass is 16.6. The summed E-state index contributed by atoms with van der Waals surface area (Å²) in [5, 5.41) is 0. The van der Waals surface area contributed by atoms with E-state index in [9.17, 15) is 4.79 Å². The van der Waals surface area contributed by atoms with Crippen LogP contribution in [0.15, 0.2) is 18.2 Å². The van der Waals surface area contributed by atoms with Crippen LogP contribution in [0.3, 0.4) is 0 Å². The van der Waals surface area contributed by atoms with Crippen molar-refractivity contribution in [3.05, 3.63) is 29.3 Å². The SMILES string of the molecule is CCCOC(=O)COc1cc(C)cc(C)c1.